The van der Waals surface area contributed by atoms with Crippen LogP contribution in [0, 0.1) is 0 Å². The predicted octanol–water partition coefficient (Wildman–Crippen LogP) is 2.78. The average Bonchev–Trinajstić information content (AvgIpc) is 2.41. The first kappa shape index (κ1) is 15.9. The maximum atomic E-state index is 5.51. The Bertz CT molecular complexity index is 325. The molecule has 0 amide bonds. The lowest BCUT2D eigenvalue weighted by Gasteiger charge is -2.09. The number of nitrogens with zero attached hydrogens (tertiary/aromatic N) is 1. The van der Waals surface area contributed by atoms with Crippen molar-refractivity contribution in [2.75, 3.05) is 19.8 Å². The van der Waals surface area contributed by atoms with Crippen LogP contribution in [-0.4, -0.2) is 30.8 Å². The first-order chi connectivity index (χ1) is 9.22. The third kappa shape index (κ3) is 7.80. The van der Waals surface area contributed by atoms with E-state index in [1.807, 2.05) is 18.3 Å². The summed E-state index contributed by atoms with van der Waals surface area (Å²) in [5.41, 5.74) is 1.17. The fraction of sp³-hybridized carbons (Fsp3) is 0.667. The molecule has 0 aliphatic heterocycles. The van der Waals surface area contributed by atoms with Gasteiger partial charge in [-0.3, -0.25) is 0 Å². The molecule has 0 atom stereocenters. The summed E-state index contributed by atoms with van der Waals surface area (Å²) in [6.45, 7) is 9.24. The molecule has 0 aromatic carbocycles. The van der Waals surface area contributed by atoms with Gasteiger partial charge in [0.2, 0.25) is 5.88 Å². The van der Waals surface area contributed by atoms with Gasteiger partial charge in [0.05, 0.1) is 6.61 Å². The molecule has 1 rings (SSSR count). The number of hydrogen-bond acceptors (Lipinski definition) is 4. The van der Waals surface area contributed by atoms with Crippen LogP contribution in [0.5, 0.6) is 5.88 Å². The summed E-state index contributed by atoms with van der Waals surface area (Å²) in [6, 6.07) is 4.43. The van der Waals surface area contributed by atoms with E-state index in [2.05, 4.69) is 31.1 Å². The number of unbranched alkanes of at least 4 members (excludes halogenated alkanes) is 1. The maximum Gasteiger partial charge on any atom is 0.213 e. The zero-order valence-electron chi connectivity index (χ0n) is 12.3. The summed E-state index contributed by atoms with van der Waals surface area (Å²) in [7, 11) is 0. The van der Waals surface area contributed by atoms with Crippen molar-refractivity contribution in [1.82, 2.24) is 10.3 Å². The van der Waals surface area contributed by atoms with Crippen LogP contribution in [0.15, 0.2) is 18.3 Å². The highest BCUT2D eigenvalue weighted by molar-refractivity contribution is 5.17. The van der Waals surface area contributed by atoms with E-state index in [-0.39, 0.29) is 0 Å². The first-order valence-corrected chi connectivity index (χ1v) is 7.11. The normalized spacial score (nSPS) is 10.9. The molecule has 0 unspecified atom stereocenters. The van der Waals surface area contributed by atoms with E-state index in [4.69, 9.17) is 9.47 Å². The van der Waals surface area contributed by atoms with E-state index in [1.165, 1.54) is 5.56 Å². The number of hydrogen-bond donors (Lipinski definition) is 1. The molecule has 0 aliphatic rings. The zero-order chi connectivity index (χ0) is 13.9. The van der Waals surface area contributed by atoms with Crippen LogP contribution in [0.4, 0.5) is 0 Å². The Balaban J connectivity index is 2.17. The van der Waals surface area contributed by atoms with E-state index in [9.17, 15) is 0 Å². The molecule has 0 bridgehead atoms. The Morgan fingerprint density at radius 2 is 2.05 bits per heavy atom. The van der Waals surface area contributed by atoms with Crippen LogP contribution in [0.1, 0.15) is 39.2 Å². The summed E-state index contributed by atoms with van der Waals surface area (Å²) in [6.07, 6.45) is 4.12. The van der Waals surface area contributed by atoms with Crippen molar-refractivity contribution >= 4 is 0 Å². The molecule has 1 aromatic rings. The summed E-state index contributed by atoms with van der Waals surface area (Å²) < 4.78 is 10.9. The number of aromatic nitrogens is 1. The maximum absolute atomic E-state index is 5.51. The van der Waals surface area contributed by atoms with Gasteiger partial charge in [-0.2, -0.15) is 0 Å². The van der Waals surface area contributed by atoms with E-state index in [0.29, 0.717) is 25.1 Å². The molecule has 1 heterocycles. The second kappa shape index (κ2) is 9.75. The summed E-state index contributed by atoms with van der Waals surface area (Å²) in [4.78, 5) is 4.27. The van der Waals surface area contributed by atoms with Gasteiger partial charge in [0, 0.05) is 31.5 Å². The molecule has 0 fully saturated rings. The lowest BCUT2D eigenvalue weighted by molar-refractivity contribution is 0.0965. The van der Waals surface area contributed by atoms with Gasteiger partial charge in [0.25, 0.3) is 0 Å². The van der Waals surface area contributed by atoms with Crippen molar-refractivity contribution in [3.63, 3.8) is 0 Å². The average molecular weight is 266 g/mol. The Morgan fingerprint density at radius 1 is 1.21 bits per heavy atom. The Labute approximate surface area is 116 Å². The van der Waals surface area contributed by atoms with Crippen molar-refractivity contribution in [2.24, 2.45) is 0 Å². The van der Waals surface area contributed by atoms with Crippen molar-refractivity contribution in [3.05, 3.63) is 23.9 Å². The molecular weight excluding hydrogens is 240 g/mol. The van der Waals surface area contributed by atoms with E-state index in [1.54, 1.807) is 0 Å². The molecule has 0 radical (unpaired) electrons. The Hall–Kier alpha value is -1.13. The third-order valence-corrected chi connectivity index (χ3v) is 2.63. The van der Waals surface area contributed by atoms with Crippen LogP contribution in [-0.2, 0) is 11.3 Å². The second-order valence-corrected chi connectivity index (χ2v) is 4.85. The van der Waals surface area contributed by atoms with Gasteiger partial charge in [0.1, 0.15) is 6.61 Å². The highest BCUT2D eigenvalue weighted by atomic mass is 16.5. The molecular formula is C15H26N2O2. The van der Waals surface area contributed by atoms with Crippen LogP contribution in [0.25, 0.3) is 0 Å². The largest absolute Gasteiger partial charge is 0.475 e. The van der Waals surface area contributed by atoms with E-state index < -0.39 is 0 Å². The zero-order valence-corrected chi connectivity index (χ0v) is 12.3. The first-order valence-electron chi connectivity index (χ1n) is 7.11. The Kier molecular flexibility index (Phi) is 8.18. The van der Waals surface area contributed by atoms with Gasteiger partial charge in [0.15, 0.2) is 0 Å². The van der Waals surface area contributed by atoms with Crippen LogP contribution >= 0.6 is 0 Å². The minimum atomic E-state index is 0.483. The topological polar surface area (TPSA) is 43.4 Å². The van der Waals surface area contributed by atoms with Gasteiger partial charge in [-0.15, -0.1) is 0 Å². The third-order valence-electron chi connectivity index (χ3n) is 2.63. The van der Waals surface area contributed by atoms with E-state index >= 15 is 0 Å². The molecule has 0 aliphatic carbocycles. The van der Waals surface area contributed by atoms with Crippen molar-refractivity contribution in [2.45, 2.75) is 46.2 Å². The highest BCUT2D eigenvalue weighted by Crippen LogP contribution is 2.07. The number of rotatable bonds is 10. The van der Waals surface area contributed by atoms with Crippen molar-refractivity contribution < 1.29 is 9.47 Å². The molecule has 4 nitrogen and oxygen atoms in total. The summed E-state index contributed by atoms with van der Waals surface area (Å²) in [5.74, 6) is 0.660. The summed E-state index contributed by atoms with van der Waals surface area (Å²) in [5, 5.41) is 3.35. The monoisotopic (exact) mass is 266 g/mol. The van der Waals surface area contributed by atoms with Gasteiger partial charge in [-0.1, -0.05) is 33.3 Å². The highest BCUT2D eigenvalue weighted by Gasteiger charge is 1.98. The quantitative estimate of drug-likeness (QED) is 0.661. The molecule has 108 valence electrons. The molecule has 0 spiro atoms. The number of pyridine rings is 1. The van der Waals surface area contributed by atoms with Crippen molar-refractivity contribution in [1.29, 1.82) is 0 Å². The van der Waals surface area contributed by atoms with Gasteiger partial charge >= 0.3 is 0 Å². The Morgan fingerprint density at radius 3 is 2.68 bits per heavy atom. The van der Waals surface area contributed by atoms with Crippen LogP contribution in [0.3, 0.4) is 0 Å². The predicted molar refractivity (Wildman–Crippen MR) is 77.4 cm³/mol. The molecule has 1 aromatic heterocycles. The smallest absolute Gasteiger partial charge is 0.213 e. The SMILES string of the molecule is CCCCOCCOc1ccc(CNC(C)C)cn1. The molecule has 0 saturated carbocycles. The second-order valence-electron chi connectivity index (χ2n) is 4.85. The van der Waals surface area contributed by atoms with Gasteiger partial charge in [-0.05, 0) is 12.0 Å². The minimum absolute atomic E-state index is 0.483. The van der Waals surface area contributed by atoms with Gasteiger partial charge in [-0.25, -0.2) is 4.98 Å². The van der Waals surface area contributed by atoms with E-state index in [0.717, 1.165) is 26.0 Å². The number of nitrogens with one attached hydrogen (secondary N) is 1. The molecule has 19 heavy (non-hydrogen) atoms. The lowest BCUT2D eigenvalue weighted by atomic mass is 10.2. The fourth-order valence-corrected chi connectivity index (χ4v) is 1.48. The minimum Gasteiger partial charge on any atom is -0.475 e. The van der Waals surface area contributed by atoms with Crippen LogP contribution < -0.4 is 10.1 Å². The van der Waals surface area contributed by atoms with Crippen LogP contribution in [0.2, 0.25) is 0 Å². The molecule has 1 N–H and O–H groups in total. The number of ether oxygens (including phenoxy) is 2. The molecule has 4 heteroatoms. The fourth-order valence-electron chi connectivity index (χ4n) is 1.48. The van der Waals surface area contributed by atoms with Crippen molar-refractivity contribution in [3.8, 4) is 5.88 Å². The van der Waals surface area contributed by atoms with Gasteiger partial charge < -0.3 is 14.8 Å². The summed E-state index contributed by atoms with van der Waals surface area (Å²) >= 11 is 0. The molecule has 0 saturated heterocycles. The standard InChI is InChI=1S/C15H26N2O2/c1-4-5-8-18-9-10-19-15-7-6-14(12-17-15)11-16-13(2)3/h6-7,12-13,16H,4-5,8-11H2,1-3H3. The lowest BCUT2D eigenvalue weighted by Crippen LogP contribution is -2.21.